The smallest absolute Gasteiger partial charge is 0.188 e. The predicted molar refractivity (Wildman–Crippen MR) is 89.9 cm³/mol. The molecule has 20 heavy (non-hydrogen) atoms. The normalized spacial score (nSPS) is 12.6. The van der Waals surface area contributed by atoms with E-state index in [9.17, 15) is 0 Å². The lowest BCUT2D eigenvalue weighted by Crippen LogP contribution is -2.34. The van der Waals surface area contributed by atoms with Gasteiger partial charge in [-0.05, 0) is 29.3 Å². The average molecular weight is 307 g/mol. The van der Waals surface area contributed by atoms with Gasteiger partial charge < -0.3 is 11.1 Å². The molecule has 0 atom stereocenters. The highest BCUT2D eigenvalue weighted by molar-refractivity contribution is 7.10. The Bertz CT molecular complexity index is 527. The molecule has 0 amide bonds. The van der Waals surface area contributed by atoms with Crippen LogP contribution in [0.2, 0.25) is 0 Å². The van der Waals surface area contributed by atoms with Gasteiger partial charge in [0, 0.05) is 21.7 Å². The minimum absolute atomic E-state index is 0.0359. The summed E-state index contributed by atoms with van der Waals surface area (Å²) in [6, 6.07) is 8.44. The van der Waals surface area contributed by atoms with E-state index in [-0.39, 0.29) is 5.41 Å². The fourth-order valence-corrected chi connectivity index (χ4v) is 3.40. The van der Waals surface area contributed by atoms with E-state index in [4.69, 9.17) is 5.73 Å². The third-order valence-corrected chi connectivity index (χ3v) is 5.26. The standard InChI is InChI=1S/C15H21N3S2/c1-15(2,13-6-4-10-20-13)11-18-14(16)17-8-7-12-5-3-9-19-12/h3-6,9-10H,7-8,11H2,1-2H3,(H3,16,17,18). The van der Waals surface area contributed by atoms with Crippen molar-refractivity contribution in [1.82, 2.24) is 5.32 Å². The highest BCUT2D eigenvalue weighted by atomic mass is 32.1. The second-order valence-electron chi connectivity index (χ2n) is 5.32. The highest BCUT2D eigenvalue weighted by Crippen LogP contribution is 2.27. The Morgan fingerprint density at radius 2 is 2.00 bits per heavy atom. The lowest BCUT2D eigenvalue weighted by Gasteiger charge is -2.20. The van der Waals surface area contributed by atoms with E-state index in [0.29, 0.717) is 12.5 Å². The van der Waals surface area contributed by atoms with Crippen molar-refractivity contribution >= 4 is 28.6 Å². The molecule has 0 unspecified atom stereocenters. The lowest BCUT2D eigenvalue weighted by molar-refractivity contribution is 0.550. The first-order chi connectivity index (χ1) is 9.58. The molecule has 0 saturated heterocycles. The summed E-state index contributed by atoms with van der Waals surface area (Å²) in [6.45, 7) is 5.92. The van der Waals surface area contributed by atoms with Gasteiger partial charge in [-0.3, -0.25) is 4.99 Å². The molecular formula is C15H21N3S2. The zero-order valence-electron chi connectivity index (χ0n) is 11.9. The number of thiophene rings is 2. The van der Waals surface area contributed by atoms with E-state index in [2.05, 4.69) is 59.2 Å². The number of guanidine groups is 1. The van der Waals surface area contributed by atoms with Crippen molar-refractivity contribution in [2.75, 3.05) is 13.1 Å². The first kappa shape index (κ1) is 15.1. The van der Waals surface area contributed by atoms with Crippen LogP contribution in [0.15, 0.2) is 40.0 Å². The van der Waals surface area contributed by atoms with Crippen molar-refractivity contribution in [2.24, 2.45) is 10.7 Å². The molecule has 5 heteroatoms. The summed E-state index contributed by atoms with van der Waals surface area (Å²) in [5.41, 5.74) is 5.96. The molecule has 0 radical (unpaired) electrons. The molecule has 3 nitrogen and oxygen atoms in total. The average Bonchev–Trinajstić information content (AvgIpc) is 3.09. The van der Waals surface area contributed by atoms with Crippen molar-refractivity contribution in [3.63, 3.8) is 0 Å². The number of nitrogens with zero attached hydrogens (tertiary/aromatic N) is 1. The van der Waals surface area contributed by atoms with E-state index < -0.39 is 0 Å². The number of nitrogens with one attached hydrogen (secondary N) is 1. The maximum Gasteiger partial charge on any atom is 0.188 e. The van der Waals surface area contributed by atoms with E-state index in [1.54, 1.807) is 22.7 Å². The molecule has 0 aromatic carbocycles. The van der Waals surface area contributed by atoms with Gasteiger partial charge in [0.05, 0.1) is 6.54 Å². The Balaban J connectivity index is 1.78. The summed E-state index contributed by atoms with van der Waals surface area (Å²) in [4.78, 5) is 7.17. The first-order valence-corrected chi connectivity index (χ1v) is 8.44. The molecular weight excluding hydrogens is 286 g/mol. The van der Waals surface area contributed by atoms with Gasteiger partial charge >= 0.3 is 0 Å². The number of rotatable bonds is 6. The van der Waals surface area contributed by atoms with Gasteiger partial charge in [-0.15, -0.1) is 22.7 Å². The van der Waals surface area contributed by atoms with Crippen LogP contribution in [-0.2, 0) is 11.8 Å². The van der Waals surface area contributed by atoms with Gasteiger partial charge in [0.25, 0.3) is 0 Å². The van der Waals surface area contributed by atoms with Crippen LogP contribution in [0.25, 0.3) is 0 Å². The van der Waals surface area contributed by atoms with Crippen molar-refractivity contribution < 1.29 is 0 Å². The molecule has 0 aliphatic rings. The van der Waals surface area contributed by atoms with Crippen molar-refractivity contribution in [3.05, 3.63) is 44.8 Å². The monoisotopic (exact) mass is 307 g/mol. The minimum Gasteiger partial charge on any atom is -0.370 e. The Labute approximate surface area is 128 Å². The molecule has 0 spiro atoms. The topological polar surface area (TPSA) is 50.4 Å². The molecule has 2 heterocycles. The number of nitrogens with two attached hydrogens (primary N) is 1. The van der Waals surface area contributed by atoms with Gasteiger partial charge in [-0.1, -0.05) is 26.0 Å². The molecule has 2 aromatic heterocycles. The summed E-state index contributed by atoms with van der Waals surface area (Å²) in [7, 11) is 0. The summed E-state index contributed by atoms with van der Waals surface area (Å²) < 4.78 is 0. The first-order valence-electron chi connectivity index (χ1n) is 6.68. The van der Waals surface area contributed by atoms with Crippen LogP contribution in [-0.4, -0.2) is 19.0 Å². The maximum absolute atomic E-state index is 5.92. The van der Waals surface area contributed by atoms with Crippen molar-refractivity contribution in [3.8, 4) is 0 Å². The Morgan fingerprint density at radius 1 is 1.25 bits per heavy atom. The summed E-state index contributed by atoms with van der Waals surface area (Å²) in [5.74, 6) is 0.534. The quantitative estimate of drug-likeness (QED) is 0.636. The third kappa shape index (κ3) is 4.35. The summed E-state index contributed by atoms with van der Waals surface area (Å²) in [6.07, 6.45) is 0.988. The van der Waals surface area contributed by atoms with E-state index in [0.717, 1.165) is 13.0 Å². The molecule has 0 fully saturated rings. The van der Waals surface area contributed by atoms with Crippen molar-refractivity contribution in [2.45, 2.75) is 25.7 Å². The van der Waals surface area contributed by atoms with Crippen LogP contribution >= 0.6 is 22.7 Å². The molecule has 2 aromatic rings. The van der Waals surface area contributed by atoms with Crippen molar-refractivity contribution in [1.29, 1.82) is 0 Å². The van der Waals surface area contributed by atoms with E-state index in [1.165, 1.54) is 9.75 Å². The summed E-state index contributed by atoms with van der Waals surface area (Å²) in [5, 5.41) is 7.37. The Morgan fingerprint density at radius 3 is 2.65 bits per heavy atom. The molecule has 0 bridgehead atoms. The predicted octanol–water partition coefficient (Wildman–Crippen LogP) is 3.23. The number of hydrogen-bond acceptors (Lipinski definition) is 3. The Hall–Kier alpha value is -1.33. The largest absolute Gasteiger partial charge is 0.370 e. The fourth-order valence-electron chi connectivity index (χ4n) is 1.85. The van der Waals surface area contributed by atoms with Gasteiger partial charge in [-0.25, -0.2) is 0 Å². The lowest BCUT2D eigenvalue weighted by atomic mass is 9.92. The second kappa shape index (κ2) is 6.90. The Kier molecular flexibility index (Phi) is 5.20. The maximum atomic E-state index is 5.92. The zero-order chi connectivity index (χ0) is 14.4. The SMILES string of the molecule is CC(C)(CN=C(N)NCCc1cccs1)c1cccs1. The zero-order valence-corrected chi connectivity index (χ0v) is 13.6. The van der Waals surface area contributed by atoms with Gasteiger partial charge in [0.2, 0.25) is 0 Å². The van der Waals surface area contributed by atoms with Crippen LogP contribution in [0.3, 0.4) is 0 Å². The summed E-state index contributed by atoms with van der Waals surface area (Å²) >= 11 is 3.54. The minimum atomic E-state index is 0.0359. The molecule has 0 aliphatic carbocycles. The number of hydrogen-bond donors (Lipinski definition) is 2. The van der Waals surface area contributed by atoms with Gasteiger partial charge in [0.15, 0.2) is 5.96 Å². The van der Waals surface area contributed by atoms with E-state index >= 15 is 0 Å². The molecule has 3 N–H and O–H groups in total. The van der Waals surface area contributed by atoms with Gasteiger partial charge in [0.1, 0.15) is 0 Å². The third-order valence-electron chi connectivity index (χ3n) is 3.09. The number of aliphatic imine (C=N–C) groups is 1. The van der Waals surface area contributed by atoms with Crippen LogP contribution in [0.4, 0.5) is 0 Å². The van der Waals surface area contributed by atoms with Crippen LogP contribution < -0.4 is 11.1 Å². The van der Waals surface area contributed by atoms with E-state index in [1.807, 2.05) is 0 Å². The van der Waals surface area contributed by atoms with Crippen LogP contribution in [0.5, 0.6) is 0 Å². The fraction of sp³-hybridized carbons (Fsp3) is 0.400. The van der Waals surface area contributed by atoms with Crippen LogP contribution in [0.1, 0.15) is 23.6 Å². The highest BCUT2D eigenvalue weighted by Gasteiger charge is 2.21. The molecule has 2 rings (SSSR count). The molecule has 0 saturated carbocycles. The second-order valence-corrected chi connectivity index (χ2v) is 7.30. The molecule has 0 aliphatic heterocycles. The molecule has 108 valence electrons. The van der Waals surface area contributed by atoms with Crippen LogP contribution in [0, 0.1) is 0 Å². The van der Waals surface area contributed by atoms with Gasteiger partial charge in [-0.2, -0.15) is 0 Å².